The fourth-order valence-corrected chi connectivity index (χ4v) is 4.81. The molecule has 0 saturated carbocycles. The van der Waals surface area contributed by atoms with Crippen molar-refractivity contribution in [1.82, 2.24) is 4.31 Å². The second-order valence-electron chi connectivity index (χ2n) is 6.79. The third-order valence-corrected chi connectivity index (χ3v) is 6.86. The summed E-state index contributed by atoms with van der Waals surface area (Å²) < 4.78 is 27.2. The number of sulfonamides is 1. The molecule has 0 unspecified atom stereocenters. The van der Waals surface area contributed by atoms with Crippen LogP contribution in [0.5, 0.6) is 0 Å². The SMILES string of the molecule is C/C(=C\c1ccccc1)C1CCN(S(=O)(=O)c2ccc(C)cc2)CC1. The molecule has 0 atom stereocenters. The van der Waals surface area contributed by atoms with Crippen LogP contribution in [0, 0.1) is 12.8 Å². The number of benzene rings is 2. The summed E-state index contributed by atoms with van der Waals surface area (Å²) in [5, 5.41) is 0. The summed E-state index contributed by atoms with van der Waals surface area (Å²) in [5.74, 6) is 0.449. The number of piperidine rings is 1. The molecule has 4 heteroatoms. The van der Waals surface area contributed by atoms with Crippen molar-refractivity contribution in [1.29, 1.82) is 0 Å². The first-order chi connectivity index (χ1) is 12.0. The largest absolute Gasteiger partial charge is 0.243 e. The number of hydrogen-bond donors (Lipinski definition) is 0. The molecule has 132 valence electrons. The summed E-state index contributed by atoms with van der Waals surface area (Å²) in [6.07, 6.45) is 3.97. The highest BCUT2D eigenvalue weighted by Crippen LogP contribution is 2.29. The molecule has 25 heavy (non-hydrogen) atoms. The Morgan fingerprint density at radius 3 is 2.20 bits per heavy atom. The minimum absolute atomic E-state index is 0.396. The summed E-state index contributed by atoms with van der Waals surface area (Å²) in [7, 11) is -3.37. The fourth-order valence-electron chi connectivity index (χ4n) is 3.34. The van der Waals surface area contributed by atoms with Crippen molar-refractivity contribution in [3.8, 4) is 0 Å². The predicted octanol–water partition coefficient (Wildman–Crippen LogP) is 4.50. The Morgan fingerprint density at radius 2 is 1.60 bits per heavy atom. The molecule has 1 aliphatic heterocycles. The fraction of sp³-hybridized carbons (Fsp3) is 0.333. The molecule has 0 aliphatic carbocycles. The Hall–Kier alpha value is -1.91. The van der Waals surface area contributed by atoms with E-state index in [1.807, 2.05) is 37.3 Å². The van der Waals surface area contributed by atoms with E-state index in [1.165, 1.54) is 11.1 Å². The Balaban J connectivity index is 1.67. The highest BCUT2D eigenvalue weighted by atomic mass is 32.2. The van der Waals surface area contributed by atoms with Gasteiger partial charge in [0.05, 0.1) is 4.90 Å². The molecule has 0 amide bonds. The maximum Gasteiger partial charge on any atom is 0.243 e. The number of rotatable bonds is 4. The van der Waals surface area contributed by atoms with Gasteiger partial charge in [0, 0.05) is 13.1 Å². The summed E-state index contributed by atoms with van der Waals surface area (Å²) in [6, 6.07) is 17.4. The molecule has 0 bridgehead atoms. The van der Waals surface area contributed by atoms with Gasteiger partial charge in [0.1, 0.15) is 0 Å². The quantitative estimate of drug-likeness (QED) is 0.810. The van der Waals surface area contributed by atoms with Gasteiger partial charge in [-0.05, 0) is 50.3 Å². The van der Waals surface area contributed by atoms with E-state index in [-0.39, 0.29) is 0 Å². The van der Waals surface area contributed by atoms with Gasteiger partial charge in [-0.3, -0.25) is 0 Å². The molecule has 1 fully saturated rings. The van der Waals surface area contributed by atoms with Crippen LogP contribution >= 0.6 is 0 Å². The normalized spacial score (nSPS) is 17.6. The maximum absolute atomic E-state index is 12.8. The molecule has 0 radical (unpaired) electrons. The van der Waals surface area contributed by atoms with E-state index in [4.69, 9.17) is 0 Å². The third kappa shape index (κ3) is 4.20. The van der Waals surface area contributed by atoms with Crippen molar-refractivity contribution in [2.75, 3.05) is 13.1 Å². The molecular weight excluding hydrogens is 330 g/mol. The number of hydrogen-bond acceptors (Lipinski definition) is 2. The highest BCUT2D eigenvalue weighted by Gasteiger charge is 2.29. The third-order valence-electron chi connectivity index (χ3n) is 4.95. The van der Waals surface area contributed by atoms with Crippen molar-refractivity contribution < 1.29 is 8.42 Å². The maximum atomic E-state index is 12.8. The highest BCUT2D eigenvalue weighted by molar-refractivity contribution is 7.89. The Labute approximate surface area is 151 Å². The lowest BCUT2D eigenvalue weighted by Gasteiger charge is -2.31. The van der Waals surface area contributed by atoms with Crippen LogP contribution in [0.25, 0.3) is 6.08 Å². The average Bonchev–Trinajstić information content (AvgIpc) is 2.63. The minimum Gasteiger partial charge on any atom is -0.207 e. The number of aryl methyl sites for hydroxylation is 1. The van der Waals surface area contributed by atoms with Gasteiger partial charge in [-0.2, -0.15) is 4.31 Å². The van der Waals surface area contributed by atoms with E-state index >= 15 is 0 Å². The average molecular weight is 356 g/mol. The molecule has 1 heterocycles. The van der Waals surface area contributed by atoms with Crippen LogP contribution in [0.15, 0.2) is 65.1 Å². The van der Waals surface area contributed by atoms with Crippen molar-refractivity contribution in [3.05, 3.63) is 71.3 Å². The van der Waals surface area contributed by atoms with Crippen LogP contribution < -0.4 is 0 Å². The zero-order valence-corrected chi connectivity index (χ0v) is 15.7. The van der Waals surface area contributed by atoms with Crippen LogP contribution in [0.3, 0.4) is 0 Å². The van der Waals surface area contributed by atoms with Crippen LogP contribution in [-0.4, -0.2) is 25.8 Å². The van der Waals surface area contributed by atoms with E-state index in [0.717, 1.165) is 18.4 Å². The predicted molar refractivity (Wildman–Crippen MR) is 103 cm³/mol. The van der Waals surface area contributed by atoms with E-state index in [0.29, 0.717) is 23.9 Å². The molecule has 1 aliphatic rings. The van der Waals surface area contributed by atoms with Gasteiger partial charge < -0.3 is 0 Å². The zero-order chi connectivity index (χ0) is 17.9. The molecule has 1 saturated heterocycles. The van der Waals surface area contributed by atoms with Crippen molar-refractivity contribution >= 4 is 16.1 Å². The van der Waals surface area contributed by atoms with Crippen molar-refractivity contribution in [3.63, 3.8) is 0 Å². The van der Waals surface area contributed by atoms with Gasteiger partial charge in [0.15, 0.2) is 0 Å². The molecule has 0 aromatic heterocycles. The summed E-state index contributed by atoms with van der Waals surface area (Å²) >= 11 is 0. The molecule has 3 nitrogen and oxygen atoms in total. The number of allylic oxidation sites excluding steroid dienone is 1. The molecule has 0 N–H and O–H groups in total. The zero-order valence-electron chi connectivity index (χ0n) is 14.9. The van der Waals surface area contributed by atoms with E-state index in [2.05, 4.69) is 25.1 Å². The first-order valence-electron chi connectivity index (χ1n) is 8.77. The molecular formula is C21H25NO2S. The summed E-state index contributed by atoms with van der Waals surface area (Å²) in [6.45, 7) is 5.28. The topological polar surface area (TPSA) is 37.4 Å². The molecule has 2 aromatic rings. The monoisotopic (exact) mass is 355 g/mol. The Kier molecular flexibility index (Phi) is 5.40. The van der Waals surface area contributed by atoms with Crippen molar-refractivity contribution in [2.24, 2.45) is 5.92 Å². The van der Waals surface area contributed by atoms with E-state index in [9.17, 15) is 8.42 Å². The number of nitrogens with zero attached hydrogens (tertiary/aromatic N) is 1. The second kappa shape index (κ2) is 7.54. The lowest BCUT2D eigenvalue weighted by Crippen LogP contribution is -2.38. The second-order valence-corrected chi connectivity index (χ2v) is 8.73. The molecule has 2 aromatic carbocycles. The van der Waals surface area contributed by atoms with Gasteiger partial charge in [-0.1, -0.05) is 59.7 Å². The first-order valence-corrected chi connectivity index (χ1v) is 10.2. The van der Waals surface area contributed by atoms with Crippen LogP contribution in [0.2, 0.25) is 0 Å². The Bertz CT molecular complexity index is 831. The van der Waals surface area contributed by atoms with Crippen molar-refractivity contribution in [2.45, 2.75) is 31.6 Å². The van der Waals surface area contributed by atoms with Gasteiger partial charge in [-0.15, -0.1) is 0 Å². The van der Waals surface area contributed by atoms with Gasteiger partial charge in [0.25, 0.3) is 0 Å². The van der Waals surface area contributed by atoms with Gasteiger partial charge in [-0.25, -0.2) is 8.42 Å². The lowest BCUT2D eigenvalue weighted by atomic mass is 9.90. The molecule has 0 spiro atoms. The minimum atomic E-state index is -3.37. The van der Waals surface area contributed by atoms with E-state index in [1.54, 1.807) is 16.4 Å². The smallest absolute Gasteiger partial charge is 0.207 e. The van der Waals surface area contributed by atoms with Gasteiger partial charge >= 0.3 is 0 Å². The van der Waals surface area contributed by atoms with Crippen LogP contribution in [0.4, 0.5) is 0 Å². The first kappa shape index (κ1) is 17.9. The van der Waals surface area contributed by atoms with Crippen LogP contribution in [-0.2, 0) is 10.0 Å². The lowest BCUT2D eigenvalue weighted by molar-refractivity contribution is 0.298. The van der Waals surface area contributed by atoms with E-state index < -0.39 is 10.0 Å². The summed E-state index contributed by atoms with van der Waals surface area (Å²) in [5.41, 5.74) is 3.60. The van der Waals surface area contributed by atoms with Gasteiger partial charge in [0.2, 0.25) is 10.0 Å². The molecule has 3 rings (SSSR count). The standard InChI is InChI=1S/C21H25NO2S/c1-17-8-10-21(11-9-17)25(23,24)22-14-12-20(13-15-22)18(2)16-19-6-4-3-5-7-19/h3-11,16,20H,12-15H2,1-2H3/b18-16+. The Morgan fingerprint density at radius 1 is 1.00 bits per heavy atom. The van der Waals surface area contributed by atoms with Crippen LogP contribution in [0.1, 0.15) is 30.9 Å². The summed E-state index contributed by atoms with van der Waals surface area (Å²) in [4.78, 5) is 0.396.